The second-order valence-corrected chi connectivity index (χ2v) is 8.14. The van der Waals surface area contributed by atoms with Gasteiger partial charge >= 0.3 is 5.97 Å². The van der Waals surface area contributed by atoms with E-state index in [-0.39, 0.29) is 12.1 Å². The lowest BCUT2D eigenvalue weighted by atomic mass is 9.96. The van der Waals surface area contributed by atoms with Crippen LogP contribution >= 0.6 is 11.3 Å². The van der Waals surface area contributed by atoms with Gasteiger partial charge in [-0.1, -0.05) is 6.92 Å². The highest BCUT2D eigenvalue weighted by atomic mass is 32.1. The molecular weight excluding hydrogens is 418 g/mol. The summed E-state index contributed by atoms with van der Waals surface area (Å²) in [5.74, 6) is -1.18. The van der Waals surface area contributed by atoms with Gasteiger partial charge in [0, 0.05) is 23.1 Å². The Morgan fingerprint density at radius 3 is 2.68 bits per heavy atom. The SMILES string of the molecule is CC[C@H](OC(=O)/C=C/c1ccc([N+](=O)[O-])cc1)C(=O)Nc1sc2c(c1C#N)CCCC2. The molecule has 1 N–H and O–H groups in total. The molecule has 9 heteroatoms. The maximum Gasteiger partial charge on any atom is 0.331 e. The van der Waals surface area contributed by atoms with E-state index in [4.69, 9.17) is 4.74 Å². The zero-order valence-corrected chi connectivity index (χ0v) is 17.7. The van der Waals surface area contributed by atoms with Crippen molar-refractivity contribution in [3.8, 4) is 6.07 Å². The average molecular weight is 439 g/mol. The number of amides is 1. The number of non-ortho nitro benzene ring substituents is 1. The lowest BCUT2D eigenvalue weighted by molar-refractivity contribution is -0.384. The van der Waals surface area contributed by atoms with Gasteiger partial charge in [-0.3, -0.25) is 14.9 Å². The van der Waals surface area contributed by atoms with Gasteiger partial charge in [0.05, 0.1) is 10.5 Å². The Hall–Kier alpha value is -3.51. The number of esters is 1. The Kier molecular flexibility index (Phi) is 7.15. The van der Waals surface area contributed by atoms with Gasteiger partial charge in [-0.05, 0) is 61.4 Å². The predicted molar refractivity (Wildman–Crippen MR) is 117 cm³/mol. The van der Waals surface area contributed by atoms with Gasteiger partial charge in [0.15, 0.2) is 6.10 Å². The Balaban J connectivity index is 1.63. The third-order valence-electron chi connectivity index (χ3n) is 4.96. The van der Waals surface area contributed by atoms with Crippen molar-refractivity contribution in [1.29, 1.82) is 5.26 Å². The van der Waals surface area contributed by atoms with Crippen LogP contribution in [0, 0.1) is 21.4 Å². The van der Waals surface area contributed by atoms with Crippen molar-refractivity contribution in [1.82, 2.24) is 0 Å². The average Bonchev–Trinajstić information content (AvgIpc) is 3.12. The molecule has 0 spiro atoms. The van der Waals surface area contributed by atoms with Crippen LogP contribution in [-0.2, 0) is 27.2 Å². The Morgan fingerprint density at radius 2 is 2.03 bits per heavy atom. The fourth-order valence-electron chi connectivity index (χ4n) is 3.34. The fraction of sp³-hybridized carbons (Fsp3) is 0.318. The monoisotopic (exact) mass is 439 g/mol. The topological polar surface area (TPSA) is 122 Å². The molecule has 0 saturated carbocycles. The second kappa shape index (κ2) is 10.00. The van der Waals surface area contributed by atoms with Gasteiger partial charge in [0.2, 0.25) is 0 Å². The summed E-state index contributed by atoms with van der Waals surface area (Å²) in [7, 11) is 0. The summed E-state index contributed by atoms with van der Waals surface area (Å²) in [6, 6.07) is 7.87. The summed E-state index contributed by atoms with van der Waals surface area (Å²) in [6.45, 7) is 1.72. The second-order valence-electron chi connectivity index (χ2n) is 7.03. The number of carbonyl (C=O) groups excluding carboxylic acids is 2. The number of thiophene rings is 1. The molecule has 0 unspecified atom stereocenters. The van der Waals surface area contributed by atoms with Crippen molar-refractivity contribution in [2.75, 3.05) is 5.32 Å². The number of benzene rings is 1. The molecule has 1 amide bonds. The zero-order chi connectivity index (χ0) is 22.4. The van der Waals surface area contributed by atoms with Gasteiger partial charge in [0.25, 0.3) is 11.6 Å². The molecule has 1 aliphatic carbocycles. The molecule has 1 atom stereocenters. The highest BCUT2D eigenvalue weighted by molar-refractivity contribution is 7.16. The number of nitro groups is 1. The van der Waals surface area contributed by atoms with Crippen molar-refractivity contribution < 1.29 is 19.2 Å². The lowest BCUT2D eigenvalue weighted by Crippen LogP contribution is -2.31. The number of rotatable bonds is 7. The first kappa shape index (κ1) is 22.2. The molecule has 2 aromatic rings. The highest BCUT2D eigenvalue weighted by Gasteiger charge is 2.25. The van der Waals surface area contributed by atoms with E-state index in [1.54, 1.807) is 6.92 Å². The maximum atomic E-state index is 12.7. The van der Waals surface area contributed by atoms with Crippen LogP contribution in [0.25, 0.3) is 6.08 Å². The number of carbonyl (C=O) groups is 2. The minimum atomic E-state index is -1.00. The molecule has 8 nitrogen and oxygen atoms in total. The number of aryl methyl sites for hydroxylation is 1. The molecule has 1 heterocycles. The zero-order valence-electron chi connectivity index (χ0n) is 16.9. The minimum absolute atomic E-state index is 0.0468. The molecule has 1 aromatic heterocycles. The Bertz CT molecular complexity index is 1070. The molecule has 0 fully saturated rings. The third kappa shape index (κ3) is 5.35. The van der Waals surface area contributed by atoms with Gasteiger partial charge in [-0.15, -0.1) is 11.3 Å². The first-order valence-corrected chi connectivity index (χ1v) is 10.7. The number of anilines is 1. The highest BCUT2D eigenvalue weighted by Crippen LogP contribution is 2.37. The molecule has 0 aliphatic heterocycles. The van der Waals surface area contributed by atoms with Crippen LogP contribution in [0.15, 0.2) is 30.3 Å². The van der Waals surface area contributed by atoms with E-state index in [0.717, 1.165) is 36.1 Å². The first-order valence-electron chi connectivity index (χ1n) is 9.91. The molecule has 0 saturated heterocycles. The smallest absolute Gasteiger partial charge is 0.331 e. The van der Waals surface area contributed by atoms with Crippen LogP contribution in [0.4, 0.5) is 10.7 Å². The largest absolute Gasteiger partial charge is 0.449 e. The predicted octanol–water partition coefficient (Wildman–Crippen LogP) is 4.38. The number of nitrogens with one attached hydrogen (secondary N) is 1. The van der Waals surface area contributed by atoms with E-state index in [0.29, 0.717) is 16.1 Å². The van der Waals surface area contributed by atoms with Crippen molar-refractivity contribution in [2.45, 2.75) is 45.1 Å². The number of hydrogen-bond donors (Lipinski definition) is 1. The summed E-state index contributed by atoms with van der Waals surface area (Å²) < 4.78 is 5.27. The van der Waals surface area contributed by atoms with E-state index in [9.17, 15) is 25.0 Å². The van der Waals surface area contributed by atoms with Crippen LogP contribution < -0.4 is 5.32 Å². The number of fused-ring (bicyclic) bond motifs is 1. The summed E-state index contributed by atoms with van der Waals surface area (Å²) in [5.41, 5.74) is 2.06. The summed E-state index contributed by atoms with van der Waals surface area (Å²) >= 11 is 1.42. The van der Waals surface area contributed by atoms with Gasteiger partial charge < -0.3 is 10.1 Å². The van der Waals surface area contributed by atoms with Crippen molar-refractivity contribution >= 4 is 40.0 Å². The Morgan fingerprint density at radius 1 is 1.32 bits per heavy atom. The number of hydrogen-bond acceptors (Lipinski definition) is 7. The quantitative estimate of drug-likeness (QED) is 0.296. The van der Waals surface area contributed by atoms with Gasteiger partial charge in [-0.2, -0.15) is 5.26 Å². The lowest BCUT2D eigenvalue weighted by Gasteiger charge is -2.14. The van der Waals surface area contributed by atoms with Crippen molar-refractivity contribution in [3.05, 3.63) is 62.0 Å². The third-order valence-corrected chi connectivity index (χ3v) is 6.16. The van der Waals surface area contributed by atoms with Gasteiger partial charge in [0.1, 0.15) is 11.1 Å². The van der Waals surface area contributed by atoms with Crippen LogP contribution in [0.2, 0.25) is 0 Å². The summed E-state index contributed by atoms with van der Waals surface area (Å²) in [5, 5.41) is 23.5. The molecule has 31 heavy (non-hydrogen) atoms. The standard InChI is InChI=1S/C22H21N3O5S/c1-2-18(30-20(26)12-9-14-7-10-15(11-8-14)25(28)29)21(27)24-22-17(13-23)16-5-3-4-6-19(16)31-22/h7-12,18H,2-6H2,1H3,(H,24,27)/b12-9+/t18-/m0/s1. The van der Waals surface area contributed by atoms with Gasteiger partial charge in [-0.25, -0.2) is 4.79 Å². The number of nitrogens with zero attached hydrogens (tertiary/aromatic N) is 2. The van der Waals surface area contributed by atoms with E-state index in [1.807, 2.05) is 0 Å². The minimum Gasteiger partial charge on any atom is -0.449 e. The van der Waals surface area contributed by atoms with Crippen molar-refractivity contribution in [3.63, 3.8) is 0 Å². The molecule has 3 rings (SSSR count). The van der Waals surface area contributed by atoms with E-state index in [2.05, 4.69) is 11.4 Å². The first-order chi connectivity index (χ1) is 14.9. The number of nitriles is 1. The molecule has 1 aliphatic rings. The molecule has 0 bridgehead atoms. The molecular formula is C22H21N3O5S. The fourth-order valence-corrected chi connectivity index (χ4v) is 4.58. The molecule has 160 valence electrons. The van der Waals surface area contributed by atoms with Crippen LogP contribution in [0.3, 0.4) is 0 Å². The summed E-state index contributed by atoms with van der Waals surface area (Å²) in [4.78, 5) is 36.1. The normalized spacial score (nSPS) is 13.8. The van der Waals surface area contributed by atoms with Crippen LogP contribution in [-0.4, -0.2) is 22.9 Å². The van der Waals surface area contributed by atoms with Crippen LogP contribution in [0.1, 0.15) is 47.8 Å². The van der Waals surface area contributed by atoms with Crippen LogP contribution in [0.5, 0.6) is 0 Å². The van der Waals surface area contributed by atoms with E-state index < -0.39 is 22.9 Å². The Labute approximate surface area is 183 Å². The molecule has 0 radical (unpaired) electrons. The van der Waals surface area contributed by atoms with E-state index >= 15 is 0 Å². The number of ether oxygens (including phenoxy) is 1. The molecule has 1 aromatic carbocycles. The van der Waals surface area contributed by atoms with E-state index in [1.165, 1.54) is 47.8 Å². The summed E-state index contributed by atoms with van der Waals surface area (Å²) in [6.07, 6.45) is 5.74. The van der Waals surface area contributed by atoms with Crippen molar-refractivity contribution in [2.24, 2.45) is 0 Å². The number of nitro benzene ring substituents is 1. The maximum absolute atomic E-state index is 12.7.